The predicted octanol–water partition coefficient (Wildman–Crippen LogP) is 2.21. The topological polar surface area (TPSA) is 91.4 Å². The van der Waals surface area contributed by atoms with E-state index in [1.807, 2.05) is 17.7 Å². The van der Waals surface area contributed by atoms with Gasteiger partial charge in [-0.3, -0.25) is 9.48 Å². The van der Waals surface area contributed by atoms with Gasteiger partial charge in [0.2, 0.25) is 0 Å². The Kier molecular flexibility index (Phi) is 7.29. The Morgan fingerprint density at radius 1 is 1.35 bits per heavy atom. The van der Waals surface area contributed by atoms with Crippen LogP contribution in [-0.4, -0.2) is 35.9 Å². The van der Waals surface area contributed by atoms with E-state index in [9.17, 15) is 4.79 Å². The average molecular weight is 381 g/mol. The second kappa shape index (κ2) is 9.45. The summed E-state index contributed by atoms with van der Waals surface area (Å²) in [6.07, 6.45) is 0.965. The van der Waals surface area contributed by atoms with E-state index < -0.39 is 5.91 Å². The summed E-state index contributed by atoms with van der Waals surface area (Å²) in [5.74, 6) is 0.218. The van der Waals surface area contributed by atoms with Crippen molar-refractivity contribution in [1.82, 2.24) is 15.1 Å². The van der Waals surface area contributed by atoms with Crippen molar-refractivity contribution in [3.8, 4) is 11.5 Å². The van der Waals surface area contributed by atoms with Gasteiger partial charge in [0.05, 0.1) is 17.8 Å². The normalized spacial score (nSPS) is 10.8. The number of rotatable bonds is 10. The van der Waals surface area contributed by atoms with Gasteiger partial charge in [0.1, 0.15) is 0 Å². The Labute approximate surface area is 158 Å². The van der Waals surface area contributed by atoms with Gasteiger partial charge in [0, 0.05) is 18.8 Å². The van der Waals surface area contributed by atoms with E-state index in [2.05, 4.69) is 23.4 Å². The molecule has 0 bridgehead atoms. The minimum Gasteiger partial charge on any atom is -0.493 e. The SMILES string of the molecule is COc1cc(CNCCCn2nc(C)cc2C)cc(Cl)c1OCC(N)=O. The molecule has 1 aromatic heterocycles. The average Bonchev–Trinajstić information content (AvgIpc) is 2.90. The minimum atomic E-state index is -0.573. The number of hydrogen-bond donors (Lipinski definition) is 2. The summed E-state index contributed by atoms with van der Waals surface area (Å²) < 4.78 is 12.6. The number of nitrogens with zero attached hydrogens (tertiary/aromatic N) is 2. The number of nitrogens with one attached hydrogen (secondary N) is 1. The second-order valence-electron chi connectivity index (χ2n) is 6.04. The number of nitrogens with two attached hydrogens (primary N) is 1. The third-order valence-electron chi connectivity index (χ3n) is 3.80. The maximum Gasteiger partial charge on any atom is 0.255 e. The molecule has 0 saturated heterocycles. The molecule has 142 valence electrons. The summed E-state index contributed by atoms with van der Waals surface area (Å²) in [5, 5.41) is 8.20. The second-order valence-corrected chi connectivity index (χ2v) is 6.45. The van der Waals surface area contributed by atoms with Gasteiger partial charge >= 0.3 is 0 Å². The number of amides is 1. The summed E-state index contributed by atoms with van der Waals surface area (Å²) in [5.41, 5.74) is 8.27. The number of halogens is 1. The minimum absolute atomic E-state index is 0.250. The first kappa shape index (κ1) is 20.1. The molecular weight excluding hydrogens is 356 g/mol. The number of benzene rings is 1. The van der Waals surface area contributed by atoms with Gasteiger partial charge in [-0.15, -0.1) is 0 Å². The number of carbonyl (C=O) groups is 1. The lowest BCUT2D eigenvalue weighted by atomic mass is 10.2. The Balaban J connectivity index is 1.86. The summed E-state index contributed by atoms with van der Waals surface area (Å²) in [6, 6.07) is 5.69. The molecule has 7 nitrogen and oxygen atoms in total. The largest absolute Gasteiger partial charge is 0.493 e. The molecule has 0 aliphatic carbocycles. The fraction of sp³-hybridized carbons (Fsp3) is 0.444. The molecule has 0 radical (unpaired) electrons. The lowest BCUT2D eigenvalue weighted by Gasteiger charge is -2.14. The summed E-state index contributed by atoms with van der Waals surface area (Å²) in [7, 11) is 1.52. The molecule has 0 aliphatic rings. The first-order chi connectivity index (χ1) is 12.4. The van der Waals surface area contributed by atoms with Gasteiger partial charge in [-0.05, 0) is 50.6 Å². The Bertz CT molecular complexity index is 761. The van der Waals surface area contributed by atoms with Gasteiger partial charge in [-0.2, -0.15) is 5.10 Å². The standard InChI is InChI=1S/C18H25ClN4O3/c1-12-7-13(2)23(22-12)6-4-5-21-10-14-8-15(19)18(16(9-14)25-3)26-11-17(20)24/h7-9,21H,4-6,10-11H2,1-3H3,(H2,20,24). The van der Waals surface area contributed by atoms with E-state index in [0.29, 0.717) is 23.1 Å². The molecule has 1 aromatic carbocycles. The zero-order valence-electron chi connectivity index (χ0n) is 15.3. The van der Waals surface area contributed by atoms with Gasteiger partial charge in [0.15, 0.2) is 18.1 Å². The predicted molar refractivity (Wildman–Crippen MR) is 101 cm³/mol. The van der Waals surface area contributed by atoms with E-state index in [1.54, 1.807) is 6.07 Å². The van der Waals surface area contributed by atoms with Gasteiger partial charge in [0.25, 0.3) is 5.91 Å². The van der Waals surface area contributed by atoms with Crippen LogP contribution in [0.15, 0.2) is 18.2 Å². The fourth-order valence-corrected chi connectivity index (χ4v) is 2.93. The zero-order valence-corrected chi connectivity index (χ0v) is 16.1. The van der Waals surface area contributed by atoms with Crippen molar-refractivity contribution in [2.24, 2.45) is 5.73 Å². The van der Waals surface area contributed by atoms with E-state index >= 15 is 0 Å². The van der Waals surface area contributed by atoms with Crippen LogP contribution in [0.2, 0.25) is 5.02 Å². The molecule has 1 amide bonds. The molecule has 0 fully saturated rings. The van der Waals surface area contributed by atoms with Gasteiger partial charge in [-0.1, -0.05) is 11.6 Å². The maximum atomic E-state index is 10.9. The van der Waals surface area contributed by atoms with Crippen molar-refractivity contribution < 1.29 is 14.3 Å². The number of aryl methyl sites for hydroxylation is 3. The van der Waals surface area contributed by atoms with E-state index in [-0.39, 0.29) is 6.61 Å². The molecule has 2 rings (SSSR count). The first-order valence-corrected chi connectivity index (χ1v) is 8.77. The molecule has 0 spiro atoms. The van der Waals surface area contributed by atoms with Gasteiger partial charge in [-0.25, -0.2) is 0 Å². The quantitative estimate of drug-likeness (QED) is 0.616. The highest BCUT2D eigenvalue weighted by atomic mass is 35.5. The van der Waals surface area contributed by atoms with Crippen LogP contribution >= 0.6 is 11.6 Å². The molecule has 0 saturated carbocycles. The third kappa shape index (κ3) is 5.64. The molecular formula is C18H25ClN4O3. The van der Waals surface area contributed by atoms with Crippen LogP contribution in [-0.2, 0) is 17.9 Å². The van der Waals surface area contributed by atoms with Crippen molar-refractivity contribution in [2.45, 2.75) is 33.4 Å². The van der Waals surface area contributed by atoms with Crippen LogP contribution in [0, 0.1) is 13.8 Å². The lowest BCUT2D eigenvalue weighted by Crippen LogP contribution is -2.20. The number of methoxy groups -OCH3 is 1. The van der Waals surface area contributed by atoms with Crippen molar-refractivity contribution in [1.29, 1.82) is 0 Å². The lowest BCUT2D eigenvalue weighted by molar-refractivity contribution is -0.119. The van der Waals surface area contributed by atoms with Gasteiger partial charge < -0.3 is 20.5 Å². The molecule has 8 heteroatoms. The smallest absolute Gasteiger partial charge is 0.255 e. The number of ether oxygens (including phenoxy) is 2. The van der Waals surface area contributed by atoms with Crippen LogP contribution < -0.4 is 20.5 Å². The molecule has 0 unspecified atom stereocenters. The molecule has 0 atom stereocenters. The van der Waals surface area contributed by atoms with Crippen LogP contribution in [0.25, 0.3) is 0 Å². The zero-order chi connectivity index (χ0) is 19.1. The number of aromatic nitrogens is 2. The highest BCUT2D eigenvalue weighted by Gasteiger charge is 2.13. The van der Waals surface area contributed by atoms with Crippen molar-refractivity contribution in [2.75, 3.05) is 20.3 Å². The molecule has 26 heavy (non-hydrogen) atoms. The monoisotopic (exact) mass is 380 g/mol. The van der Waals surface area contributed by atoms with Crippen LogP contribution in [0.4, 0.5) is 0 Å². The summed E-state index contributed by atoms with van der Waals surface area (Å²) >= 11 is 6.24. The summed E-state index contributed by atoms with van der Waals surface area (Å²) in [4.78, 5) is 10.9. The van der Waals surface area contributed by atoms with Crippen LogP contribution in [0.1, 0.15) is 23.4 Å². The Morgan fingerprint density at radius 3 is 2.73 bits per heavy atom. The highest BCUT2D eigenvalue weighted by Crippen LogP contribution is 2.36. The van der Waals surface area contributed by atoms with Crippen LogP contribution in [0.5, 0.6) is 11.5 Å². The summed E-state index contributed by atoms with van der Waals surface area (Å²) in [6.45, 7) is 6.16. The highest BCUT2D eigenvalue weighted by molar-refractivity contribution is 6.32. The molecule has 1 heterocycles. The van der Waals surface area contributed by atoms with Crippen LogP contribution in [0.3, 0.4) is 0 Å². The molecule has 2 aromatic rings. The number of primary amides is 1. The first-order valence-electron chi connectivity index (χ1n) is 8.40. The maximum absolute atomic E-state index is 10.9. The Morgan fingerprint density at radius 2 is 2.12 bits per heavy atom. The number of carbonyl (C=O) groups excluding carboxylic acids is 1. The fourth-order valence-electron chi connectivity index (χ4n) is 2.65. The molecule has 3 N–H and O–H groups in total. The number of hydrogen-bond acceptors (Lipinski definition) is 5. The van der Waals surface area contributed by atoms with E-state index in [1.165, 1.54) is 12.8 Å². The van der Waals surface area contributed by atoms with E-state index in [0.717, 1.165) is 30.8 Å². The van der Waals surface area contributed by atoms with Crippen molar-refractivity contribution in [3.05, 3.63) is 40.2 Å². The Hall–Kier alpha value is -2.25. The van der Waals surface area contributed by atoms with Crippen molar-refractivity contribution >= 4 is 17.5 Å². The molecule has 0 aliphatic heterocycles. The van der Waals surface area contributed by atoms with Crippen molar-refractivity contribution in [3.63, 3.8) is 0 Å². The third-order valence-corrected chi connectivity index (χ3v) is 4.08. The van der Waals surface area contributed by atoms with E-state index in [4.69, 9.17) is 26.8 Å².